The van der Waals surface area contributed by atoms with Crippen LogP contribution in [-0.4, -0.2) is 124 Å². The molecule has 1 heterocycles. The van der Waals surface area contributed by atoms with Crippen molar-refractivity contribution >= 4 is 81.0 Å². The van der Waals surface area contributed by atoms with E-state index in [1.807, 2.05) is 0 Å². The topological polar surface area (TPSA) is 225 Å². The van der Waals surface area contributed by atoms with E-state index in [1.165, 1.54) is 7.11 Å². The van der Waals surface area contributed by atoms with E-state index in [1.54, 1.807) is 37.2 Å². The third kappa shape index (κ3) is 14.2. The molecular weight excluding hydrogens is 855 g/mol. The second kappa shape index (κ2) is 20.9. The van der Waals surface area contributed by atoms with Gasteiger partial charge >= 0.3 is 83.6 Å². The van der Waals surface area contributed by atoms with Crippen molar-refractivity contribution in [1.82, 2.24) is 9.91 Å². The van der Waals surface area contributed by atoms with Crippen LogP contribution in [0.4, 0.5) is 28.4 Å². The van der Waals surface area contributed by atoms with Gasteiger partial charge in [0.25, 0.3) is 0 Å². The summed E-state index contributed by atoms with van der Waals surface area (Å²) in [5.74, 6) is -1.47. The summed E-state index contributed by atoms with van der Waals surface area (Å²) >= 11 is 6.07. The predicted molar refractivity (Wildman–Crippen MR) is 179 cm³/mol. The fraction of sp³-hybridized carbons (Fsp3) is 0.407. The molecule has 0 bridgehead atoms. The molecule has 0 unspecified atom stereocenters. The maximum atomic E-state index is 13.3. The minimum Gasteiger partial charge on any atom is -0.739 e. The molecule has 17 nitrogen and oxygen atoms in total. The molecule has 288 valence electrons. The van der Waals surface area contributed by atoms with Gasteiger partial charge in [0, 0.05) is 34.6 Å². The van der Waals surface area contributed by atoms with Crippen molar-refractivity contribution in [3.63, 3.8) is 0 Å². The second-order valence-corrected chi connectivity index (χ2v) is 17.6. The number of hydrazone groups is 1. The first-order valence-corrected chi connectivity index (χ1v) is 20.2. The van der Waals surface area contributed by atoms with Gasteiger partial charge in [0.05, 0.1) is 19.9 Å². The molecule has 1 aliphatic carbocycles. The van der Waals surface area contributed by atoms with Gasteiger partial charge in [-0.25, -0.2) is 31.2 Å². The summed E-state index contributed by atoms with van der Waals surface area (Å²) in [7, 11) is -3.05. The molecule has 54 heavy (non-hydrogen) atoms. The van der Waals surface area contributed by atoms with Crippen LogP contribution in [-0.2, 0) is 43.7 Å². The first-order chi connectivity index (χ1) is 24.0. The van der Waals surface area contributed by atoms with Crippen molar-refractivity contribution in [2.75, 3.05) is 51.5 Å². The maximum absolute atomic E-state index is 13.3. The first-order valence-electron chi connectivity index (χ1n) is 14.0. The van der Waals surface area contributed by atoms with Gasteiger partial charge < -0.3 is 33.0 Å². The molecule has 0 N–H and O–H groups in total. The van der Waals surface area contributed by atoms with E-state index in [0.717, 1.165) is 36.4 Å². The molecule has 0 fully saturated rings. The zero-order valence-corrected chi connectivity index (χ0v) is 37.2. The molecule has 4 rings (SSSR count). The minimum absolute atomic E-state index is 0. The summed E-state index contributed by atoms with van der Waals surface area (Å²) in [6.45, 7) is -0.554. The summed E-state index contributed by atoms with van der Waals surface area (Å²) in [5, 5.41) is 5.48. The number of rotatable bonds is 10. The summed E-state index contributed by atoms with van der Waals surface area (Å²) in [6.07, 6.45) is -6.01. The number of fused-ring (bicyclic) bond motifs is 3. The van der Waals surface area contributed by atoms with Gasteiger partial charge in [-0.05, 0) is 77.6 Å². The quantitative estimate of drug-likeness (QED) is 0.103. The number of ether oxygens (including phenoxy) is 4. The molecular formula is C27H28ClF3N4Na2O13S4. The average molecular weight is 883 g/mol. The molecule has 27 heteroatoms. The summed E-state index contributed by atoms with van der Waals surface area (Å²) in [5.41, 5.74) is -0.582. The molecule has 1 atom stereocenters. The fourth-order valence-corrected chi connectivity index (χ4v) is 8.31. The van der Waals surface area contributed by atoms with Crippen molar-refractivity contribution in [2.45, 2.75) is 24.4 Å². The molecule has 1 aliphatic heterocycles. The van der Waals surface area contributed by atoms with Gasteiger partial charge in [-0.1, -0.05) is 17.7 Å². The van der Waals surface area contributed by atoms with E-state index in [0.29, 0.717) is 21.0 Å². The van der Waals surface area contributed by atoms with E-state index < -0.39 is 66.9 Å². The predicted octanol–water partition coefficient (Wildman–Crippen LogP) is -2.60. The number of halogens is 4. The Balaban J connectivity index is 0.000000692. The van der Waals surface area contributed by atoms with Gasteiger partial charge in [0.15, 0.2) is 0 Å². The van der Waals surface area contributed by atoms with Gasteiger partial charge in [-0.15, -0.1) is 13.2 Å². The number of anilines is 1. The van der Waals surface area contributed by atoms with Crippen LogP contribution in [0.25, 0.3) is 0 Å². The molecule has 3 amide bonds. The minimum atomic E-state index is -4.92. The molecule has 0 radical (unpaired) electrons. The van der Waals surface area contributed by atoms with Crippen molar-refractivity contribution < 1.29 is 132 Å². The largest absolute Gasteiger partial charge is 1.00 e. The number of hydrogen-bond acceptors (Lipinski definition) is 17. The normalized spacial score (nSPS) is 16.4. The summed E-state index contributed by atoms with van der Waals surface area (Å²) in [6, 6.07) is 7.22. The van der Waals surface area contributed by atoms with Gasteiger partial charge in [0.1, 0.15) is 36.5 Å². The second-order valence-electron chi connectivity index (χ2n) is 10.6. The van der Waals surface area contributed by atoms with Crippen molar-refractivity contribution in [3.05, 3.63) is 58.6 Å². The third-order valence-electron chi connectivity index (χ3n) is 6.95. The van der Waals surface area contributed by atoms with Crippen LogP contribution >= 0.6 is 33.2 Å². The number of benzene rings is 2. The average Bonchev–Trinajstić information content (AvgIpc) is 3.37. The fourth-order valence-electron chi connectivity index (χ4n) is 4.54. The molecule has 0 spiro atoms. The Bertz CT molecular complexity index is 1880. The number of carbonyl (C=O) groups is 3. The number of carbonyl (C=O) groups excluding carboxylic acids is 3. The Kier molecular flexibility index (Phi) is 19.6. The number of amides is 3. The summed E-state index contributed by atoms with van der Waals surface area (Å²) < 4.78 is 119. The Hall–Kier alpha value is -1.36. The number of methoxy groups -OCH3 is 2. The van der Waals surface area contributed by atoms with Gasteiger partial charge in [-0.2, -0.15) is 15.0 Å². The van der Waals surface area contributed by atoms with Crippen LogP contribution < -0.4 is 68.8 Å². The van der Waals surface area contributed by atoms with Crippen LogP contribution in [0.1, 0.15) is 11.1 Å². The van der Waals surface area contributed by atoms with Gasteiger partial charge in [0.2, 0.25) is 5.60 Å². The van der Waals surface area contributed by atoms with Crippen molar-refractivity contribution in [3.8, 4) is 5.75 Å². The molecule has 2 aromatic rings. The van der Waals surface area contributed by atoms with E-state index in [2.05, 4.69) is 14.6 Å². The number of nitrogens with zero attached hydrogens (tertiary/aromatic N) is 4. The smallest absolute Gasteiger partial charge is 0.739 e. The Labute approximate surface area is 364 Å². The Morgan fingerprint density at radius 3 is 2.02 bits per heavy atom. The number of esters is 1. The van der Waals surface area contributed by atoms with Gasteiger partial charge in [-0.3, -0.25) is 0 Å². The molecule has 0 saturated heterocycles. The van der Waals surface area contributed by atoms with Crippen LogP contribution in [0.5, 0.6) is 5.75 Å². The van der Waals surface area contributed by atoms with E-state index in [9.17, 15) is 53.5 Å². The summed E-state index contributed by atoms with van der Waals surface area (Å²) in [4.78, 5) is 40.6. The number of imide groups is 1. The Morgan fingerprint density at radius 2 is 1.56 bits per heavy atom. The maximum Gasteiger partial charge on any atom is 1.00 e. The van der Waals surface area contributed by atoms with Crippen LogP contribution in [0.3, 0.4) is 0 Å². The van der Waals surface area contributed by atoms with E-state index in [-0.39, 0.29) is 110 Å². The number of hydrogen-bond donors (Lipinski definition) is 0. The van der Waals surface area contributed by atoms with E-state index >= 15 is 0 Å². The number of urea groups is 1. The standard InChI is InChI=1S/C22H17ClF3N3O7.C5H13NO6S4.2Na/c1-33-18(30)21-10-12-9-13(23)3-8-16(12)17(21)27-28(11-35-21)19(31)29(20(32)34-2)14-4-6-15(7-5-14)36-22(24,25)26;1-6(2)5(3-13-15(7,8)9)4-14-16(10,11)12;;/h3-9H,10-11H2,1-2H3;5H,3-4H2,1-2H3,(H,7,8,9)(H,10,11,12);;/q;;2*+1/p-2/t21-;;;/m0.../s1. The van der Waals surface area contributed by atoms with Crippen LogP contribution in [0.2, 0.25) is 5.02 Å². The molecule has 2 aromatic carbocycles. The monoisotopic (exact) mass is 882 g/mol. The SMILES string of the molecule is CN(C)C(CSS(=O)(=O)[O-])CSS(=O)(=O)[O-].COC(=O)N(C(=O)N1CO[C@@]2(C(=O)OC)Cc3cc(Cl)ccc3C2=N1)c1ccc(OC(F)(F)F)cc1.[Na+].[Na+]. The van der Waals surface area contributed by atoms with Crippen molar-refractivity contribution in [2.24, 2.45) is 5.10 Å². The number of alkyl halides is 3. The zero-order chi connectivity index (χ0) is 39.2. The third-order valence-corrected chi connectivity index (χ3v) is 11.4. The first kappa shape index (κ1) is 50.7. The van der Waals surface area contributed by atoms with E-state index in [4.69, 9.17) is 21.1 Å². The molecule has 0 aromatic heterocycles. The van der Waals surface area contributed by atoms with Crippen LogP contribution in [0, 0.1) is 0 Å². The van der Waals surface area contributed by atoms with Crippen LogP contribution in [0.15, 0.2) is 47.6 Å². The molecule has 2 aliphatic rings. The Morgan fingerprint density at radius 1 is 1.00 bits per heavy atom. The molecule has 0 saturated carbocycles. The van der Waals surface area contributed by atoms with Crippen molar-refractivity contribution in [1.29, 1.82) is 0 Å². The zero-order valence-electron chi connectivity index (χ0n) is 29.2.